The van der Waals surface area contributed by atoms with Gasteiger partial charge in [-0.2, -0.15) is 0 Å². The molecule has 0 spiro atoms. The standard InChI is InChI=1S/C17H26O/c1-13-7-5-6-12-17(13,18)15-10-8-14(9-11-15)16(2,3)4/h8-11,13,18H,5-7,12H2,1-4H3. The van der Waals surface area contributed by atoms with Crippen molar-refractivity contribution in [2.75, 3.05) is 0 Å². The Morgan fingerprint density at radius 3 is 2.22 bits per heavy atom. The van der Waals surface area contributed by atoms with Crippen molar-refractivity contribution in [1.29, 1.82) is 0 Å². The fourth-order valence-corrected chi connectivity index (χ4v) is 3.02. The van der Waals surface area contributed by atoms with Crippen molar-refractivity contribution in [3.63, 3.8) is 0 Å². The summed E-state index contributed by atoms with van der Waals surface area (Å²) in [6.07, 6.45) is 4.44. The molecule has 1 aromatic rings. The van der Waals surface area contributed by atoms with Gasteiger partial charge in [-0.25, -0.2) is 0 Å². The normalized spacial score (nSPS) is 29.3. The third-order valence-electron chi connectivity index (χ3n) is 4.51. The summed E-state index contributed by atoms with van der Waals surface area (Å²) in [5.74, 6) is 0.367. The van der Waals surface area contributed by atoms with Crippen molar-refractivity contribution in [2.24, 2.45) is 5.92 Å². The van der Waals surface area contributed by atoms with E-state index in [1.807, 2.05) is 0 Å². The van der Waals surface area contributed by atoms with Gasteiger partial charge >= 0.3 is 0 Å². The highest BCUT2D eigenvalue weighted by Gasteiger charge is 2.37. The van der Waals surface area contributed by atoms with Gasteiger partial charge in [-0.1, -0.05) is 64.8 Å². The molecule has 0 amide bonds. The van der Waals surface area contributed by atoms with E-state index in [1.165, 1.54) is 12.0 Å². The first-order chi connectivity index (χ1) is 8.34. The van der Waals surface area contributed by atoms with E-state index in [1.54, 1.807) is 0 Å². The maximum absolute atomic E-state index is 10.9. The van der Waals surface area contributed by atoms with Crippen molar-refractivity contribution < 1.29 is 5.11 Å². The molecule has 1 saturated carbocycles. The number of aliphatic hydroxyl groups is 1. The Balaban J connectivity index is 2.28. The zero-order valence-electron chi connectivity index (χ0n) is 12.2. The molecule has 0 aromatic heterocycles. The average molecular weight is 246 g/mol. The van der Waals surface area contributed by atoms with Crippen LogP contribution in [0.2, 0.25) is 0 Å². The van der Waals surface area contributed by atoms with E-state index in [4.69, 9.17) is 0 Å². The number of benzene rings is 1. The summed E-state index contributed by atoms with van der Waals surface area (Å²) in [5, 5.41) is 10.9. The molecule has 18 heavy (non-hydrogen) atoms. The minimum Gasteiger partial charge on any atom is -0.385 e. The van der Waals surface area contributed by atoms with Gasteiger partial charge in [0.05, 0.1) is 5.60 Å². The molecule has 2 unspecified atom stereocenters. The Morgan fingerprint density at radius 2 is 1.72 bits per heavy atom. The van der Waals surface area contributed by atoms with Crippen LogP contribution in [0.3, 0.4) is 0 Å². The maximum Gasteiger partial charge on any atom is 0.0921 e. The largest absolute Gasteiger partial charge is 0.385 e. The third kappa shape index (κ3) is 2.47. The van der Waals surface area contributed by atoms with E-state index in [0.717, 1.165) is 24.8 Å². The molecule has 100 valence electrons. The van der Waals surface area contributed by atoms with Crippen LogP contribution >= 0.6 is 0 Å². The molecule has 1 N–H and O–H groups in total. The van der Waals surface area contributed by atoms with Crippen LogP contribution in [0.1, 0.15) is 64.5 Å². The lowest BCUT2D eigenvalue weighted by molar-refractivity contribution is -0.0469. The van der Waals surface area contributed by atoms with Crippen LogP contribution in [-0.4, -0.2) is 5.11 Å². The Labute approximate surface area is 111 Å². The summed E-state index contributed by atoms with van der Waals surface area (Å²) in [5.41, 5.74) is 2.01. The minimum absolute atomic E-state index is 0.180. The highest BCUT2D eigenvalue weighted by molar-refractivity contribution is 5.31. The second-order valence-corrected chi connectivity index (χ2v) is 6.90. The fraction of sp³-hybridized carbons (Fsp3) is 0.647. The number of rotatable bonds is 1. The molecular formula is C17H26O. The van der Waals surface area contributed by atoms with Gasteiger partial charge in [0.1, 0.15) is 0 Å². The van der Waals surface area contributed by atoms with Crippen LogP contribution in [0.4, 0.5) is 0 Å². The summed E-state index contributed by atoms with van der Waals surface area (Å²) in [6.45, 7) is 8.84. The molecule has 2 rings (SSSR count). The number of hydrogen-bond acceptors (Lipinski definition) is 1. The molecule has 1 nitrogen and oxygen atoms in total. The van der Waals surface area contributed by atoms with E-state index >= 15 is 0 Å². The van der Waals surface area contributed by atoms with Crippen LogP contribution in [0.15, 0.2) is 24.3 Å². The topological polar surface area (TPSA) is 20.2 Å². The van der Waals surface area contributed by atoms with Crippen molar-refractivity contribution in [2.45, 2.75) is 64.4 Å². The summed E-state index contributed by atoms with van der Waals surface area (Å²) >= 11 is 0. The maximum atomic E-state index is 10.9. The van der Waals surface area contributed by atoms with Gasteiger partial charge < -0.3 is 5.11 Å². The average Bonchev–Trinajstić information content (AvgIpc) is 2.32. The van der Waals surface area contributed by atoms with Crippen LogP contribution in [0, 0.1) is 5.92 Å². The van der Waals surface area contributed by atoms with Crippen LogP contribution in [0.5, 0.6) is 0 Å². The van der Waals surface area contributed by atoms with Gasteiger partial charge in [-0.05, 0) is 35.3 Å². The lowest BCUT2D eigenvalue weighted by Gasteiger charge is -2.39. The SMILES string of the molecule is CC1CCCCC1(O)c1ccc(C(C)(C)C)cc1. The van der Waals surface area contributed by atoms with E-state index in [9.17, 15) is 5.11 Å². The van der Waals surface area contributed by atoms with E-state index in [-0.39, 0.29) is 5.41 Å². The Bertz CT molecular complexity index is 399. The Morgan fingerprint density at radius 1 is 1.11 bits per heavy atom. The summed E-state index contributed by atoms with van der Waals surface area (Å²) in [7, 11) is 0. The summed E-state index contributed by atoms with van der Waals surface area (Å²) in [6, 6.07) is 8.61. The van der Waals surface area contributed by atoms with Crippen LogP contribution in [-0.2, 0) is 11.0 Å². The monoisotopic (exact) mass is 246 g/mol. The predicted molar refractivity (Wildman–Crippen MR) is 76.7 cm³/mol. The van der Waals surface area contributed by atoms with Crippen molar-refractivity contribution in [1.82, 2.24) is 0 Å². The summed E-state index contributed by atoms with van der Waals surface area (Å²) in [4.78, 5) is 0. The van der Waals surface area contributed by atoms with Gasteiger partial charge in [-0.3, -0.25) is 0 Å². The molecule has 1 aliphatic rings. The molecule has 0 heterocycles. The molecule has 1 aliphatic carbocycles. The van der Waals surface area contributed by atoms with E-state index in [0.29, 0.717) is 5.92 Å². The summed E-state index contributed by atoms with van der Waals surface area (Å²) < 4.78 is 0. The van der Waals surface area contributed by atoms with Gasteiger partial charge in [0.25, 0.3) is 0 Å². The van der Waals surface area contributed by atoms with Crippen molar-refractivity contribution in [3.05, 3.63) is 35.4 Å². The molecular weight excluding hydrogens is 220 g/mol. The van der Waals surface area contributed by atoms with Gasteiger partial charge in [-0.15, -0.1) is 0 Å². The lowest BCUT2D eigenvalue weighted by Crippen LogP contribution is -2.36. The van der Waals surface area contributed by atoms with Gasteiger partial charge in [0.2, 0.25) is 0 Å². The van der Waals surface area contributed by atoms with Crippen LogP contribution in [0.25, 0.3) is 0 Å². The first kappa shape index (κ1) is 13.6. The predicted octanol–water partition coefficient (Wildman–Crippen LogP) is 4.38. The van der Waals surface area contributed by atoms with Gasteiger partial charge in [0, 0.05) is 0 Å². The molecule has 1 aromatic carbocycles. The van der Waals surface area contributed by atoms with Crippen molar-refractivity contribution in [3.8, 4) is 0 Å². The number of hydrogen-bond donors (Lipinski definition) is 1. The molecule has 1 heteroatoms. The second kappa shape index (κ2) is 4.70. The molecule has 0 radical (unpaired) electrons. The Kier molecular flexibility index (Phi) is 3.55. The van der Waals surface area contributed by atoms with E-state index < -0.39 is 5.60 Å². The molecule has 0 bridgehead atoms. The lowest BCUT2D eigenvalue weighted by atomic mass is 9.72. The zero-order valence-corrected chi connectivity index (χ0v) is 12.2. The van der Waals surface area contributed by atoms with Crippen molar-refractivity contribution >= 4 is 0 Å². The quantitative estimate of drug-likeness (QED) is 0.779. The highest BCUT2D eigenvalue weighted by Crippen LogP contribution is 2.41. The smallest absolute Gasteiger partial charge is 0.0921 e. The van der Waals surface area contributed by atoms with E-state index in [2.05, 4.69) is 52.0 Å². The first-order valence-electron chi connectivity index (χ1n) is 7.17. The molecule has 0 saturated heterocycles. The molecule has 1 fully saturated rings. The Hall–Kier alpha value is -0.820. The molecule has 2 atom stereocenters. The minimum atomic E-state index is -0.603. The second-order valence-electron chi connectivity index (χ2n) is 6.90. The zero-order chi connectivity index (χ0) is 13.4. The third-order valence-corrected chi connectivity index (χ3v) is 4.51. The van der Waals surface area contributed by atoms with Gasteiger partial charge in [0.15, 0.2) is 0 Å². The van der Waals surface area contributed by atoms with Crippen LogP contribution < -0.4 is 0 Å². The molecule has 0 aliphatic heterocycles. The first-order valence-corrected chi connectivity index (χ1v) is 7.17. The fourth-order valence-electron chi connectivity index (χ4n) is 3.02. The highest BCUT2D eigenvalue weighted by atomic mass is 16.3.